The second-order valence-corrected chi connectivity index (χ2v) is 4.50. The number of anilines is 1. The van der Waals surface area contributed by atoms with Gasteiger partial charge in [-0.2, -0.15) is 8.42 Å². The van der Waals surface area contributed by atoms with Gasteiger partial charge in [0.05, 0.1) is 19.9 Å². The maximum atomic E-state index is 11.4. The maximum Gasteiger partial charge on any atom is 0.422 e. The summed E-state index contributed by atoms with van der Waals surface area (Å²) in [6.45, 7) is 0. The molecule has 100 valence electrons. The molecule has 0 heterocycles. The minimum absolute atomic E-state index is 0.104. The molecule has 1 rings (SSSR count). The molecular weight excluding hydrogens is 264 g/mol. The smallest absolute Gasteiger partial charge is 0.422 e. The Hall–Kier alpha value is -2.16. The van der Waals surface area contributed by atoms with Crippen LogP contribution in [0.25, 0.3) is 0 Å². The van der Waals surface area contributed by atoms with Crippen molar-refractivity contribution in [2.24, 2.45) is 0 Å². The molecule has 0 aliphatic heterocycles. The van der Waals surface area contributed by atoms with E-state index in [1.54, 1.807) is 4.72 Å². The van der Waals surface area contributed by atoms with Gasteiger partial charge in [-0.15, -0.1) is 0 Å². The van der Waals surface area contributed by atoms with E-state index in [-0.39, 0.29) is 11.4 Å². The van der Waals surface area contributed by atoms with Gasteiger partial charge in [0.1, 0.15) is 11.5 Å². The molecule has 0 spiro atoms. The number of hydrogen-bond donors (Lipinski definition) is 3. The molecule has 18 heavy (non-hydrogen) atoms. The lowest BCUT2D eigenvalue weighted by atomic mass is 10.3. The Morgan fingerprint density at radius 3 is 2.50 bits per heavy atom. The first-order valence-electron chi connectivity index (χ1n) is 4.63. The van der Waals surface area contributed by atoms with Crippen molar-refractivity contribution in [1.29, 1.82) is 0 Å². The third-order valence-electron chi connectivity index (χ3n) is 1.85. The fourth-order valence-electron chi connectivity index (χ4n) is 1.05. The van der Waals surface area contributed by atoms with Gasteiger partial charge in [-0.05, 0) is 12.1 Å². The maximum absolute atomic E-state index is 11.4. The number of methoxy groups -OCH3 is 2. The van der Waals surface area contributed by atoms with Gasteiger partial charge in [-0.3, -0.25) is 4.72 Å². The first-order chi connectivity index (χ1) is 8.38. The zero-order chi connectivity index (χ0) is 13.8. The third kappa shape index (κ3) is 3.70. The van der Waals surface area contributed by atoms with E-state index >= 15 is 0 Å². The molecule has 0 aliphatic rings. The first kappa shape index (κ1) is 13.9. The summed E-state index contributed by atoms with van der Waals surface area (Å²) in [6.07, 6.45) is -1.14. The molecule has 0 radical (unpaired) electrons. The van der Waals surface area contributed by atoms with Crippen LogP contribution in [0.1, 0.15) is 0 Å². The minimum atomic E-state index is -4.16. The second-order valence-electron chi connectivity index (χ2n) is 3.08. The van der Waals surface area contributed by atoms with Crippen LogP contribution in [0.4, 0.5) is 10.5 Å². The van der Waals surface area contributed by atoms with Crippen molar-refractivity contribution >= 4 is 22.0 Å². The number of carbonyl (C=O) groups is 1. The van der Waals surface area contributed by atoms with Crippen molar-refractivity contribution in [2.45, 2.75) is 0 Å². The Bertz CT molecular complexity index is 542. The summed E-state index contributed by atoms with van der Waals surface area (Å²) < 4.78 is 35.3. The molecule has 0 saturated carbocycles. The number of benzene rings is 1. The van der Waals surface area contributed by atoms with Gasteiger partial charge in [0.15, 0.2) is 0 Å². The van der Waals surface area contributed by atoms with E-state index in [1.807, 2.05) is 4.72 Å². The number of hydrogen-bond acceptors (Lipinski definition) is 6. The largest absolute Gasteiger partial charge is 0.506 e. The van der Waals surface area contributed by atoms with Gasteiger partial charge in [-0.1, -0.05) is 0 Å². The van der Waals surface area contributed by atoms with Crippen LogP contribution >= 0.6 is 0 Å². The molecule has 1 amide bonds. The number of amides is 1. The highest BCUT2D eigenvalue weighted by molar-refractivity contribution is 7.91. The Kier molecular flexibility index (Phi) is 4.21. The predicted octanol–water partition coefficient (Wildman–Crippen LogP) is 0.413. The molecule has 0 atom stereocenters. The highest BCUT2D eigenvalue weighted by Crippen LogP contribution is 2.28. The Morgan fingerprint density at radius 2 is 2.00 bits per heavy atom. The normalized spacial score (nSPS) is 10.6. The molecule has 1 aromatic carbocycles. The van der Waals surface area contributed by atoms with Crippen molar-refractivity contribution in [3.05, 3.63) is 18.2 Å². The Labute approximate surface area is 104 Å². The van der Waals surface area contributed by atoms with Gasteiger partial charge in [0, 0.05) is 6.07 Å². The molecule has 0 saturated heterocycles. The molecule has 0 aliphatic carbocycles. The van der Waals surface area contributed by atoms with Crippen molar-refractivity contribution in [2.75, 3.05) is 18.9 Å². The van der Waals surface area contributed by atoms with Crippen LogP contribution in [0.15, 0.2) is 18.2 Å². The predicted molar refractivity (Wildman–Crippen MR) is 62.7 cm³/mol. The van der Waals surface area contributed by atoms with Crippen molar-refractivity contribution in [3.8, 4) is 11.5 Å². The van der Waals surface area contributed by atoms with E-state index in [1.165, 1.54) is 25.3 Å². The van der Waals surface area contributed by atoms with E-state index in [0.717, 1.165) is 7.11 Å². The van der Waals surface area contributed by atoms with Crippen molar-refractivity contribution in [1.82, 2.24) is 4.72 Å². The minimum Gasteiger partial charge on any atom is -0.506 e. The van der Waals surface area contributed by atoms with Crippen LogP contribution < -0.4 is 14.2 Å². The summed E-state index contributed by atoms with van der Waals surface area (Å²) >= 11 is 0. The average molecular weight is 276 g/mol. The number of rotatable bonds is 4. The average Bonchev–Trinajstić information content (AvgIpc) is 2.30. The molecule has 3 N–H and O–H groups in total. The zero-order valence-electron chi connectivity index (χ0n) is 9.63. The summed E-state index contributed by atoms with van der Waals surface area (Å²) in [5, 5.41) is 9.53. The molecule has 0 fully saturated rings. The highest BCUT2D eigenvalue weighted by Gasteiger charge is 2.16. The van der Waals surface area contributed by atoms with Crippen molar-refractivity contribution < 1.29 is 27.8 Å². The van der Waals surface area contributed by atoms with Crippen LogP contribution in [0.3, 0.4) is 0 Å². The monoisotopic (exact) mass is 276 g/mol. The van der Waals surface area contributed by atoms with E-state index < -0.39 is 16.3 Å². The number of phenols is 1. The standard InChI is InChI=1S/C9H12N2O6S/c1-16-6-3-4-7(8(12)5-6)10-18(14,15)11-9(13)17-2/h3-5,10,12H,1-2H3,(H,11,13). The van der Waals surface area contributed by atoms with Gasteiger partial charge >= 0.3 is 16.3 Å². The SMILES string of the molecule is COC(=O)NS(=O)(=O)Nc1ccc(OC)cc1O. The van der Waals surface area contributed by atoms with Gasteiger partial charge in [0.2, 0.25) is 0 Å². The van der Waals surface area contributed by atoms with Crippen LogP contribution in [-0.2, 0) is 14.9 Å². The van der Waals surface area contributed by atoms with E-state index in [4.69, 9.17) is 4.74 Å². The van der Waals surface area contributed by atoms with Crippen molar-refractivity contribution in [3.63, 3.8) is 0 Å². The Morgan fingerprint density at radius 1 is 1.33 bits per heavy atom. The fourth-order valence-corrected chi connectivity index (χ4v) is 1.86. The quantitative estimate of drug-likeness (QED) is 0.686. The van der Waals surface area contributed by atoms with Gasteiger partial charge < -0.3 is 14.6 Å². The summed E-state index contributed by atoms with van der Waals surface area (Å²) in [5.41, 5.74) is -0.104. The lowest BCUT2D eigenvalue weighted by Gasteiger charge is -2.10. The number of nitrogens with one attached hydrogen (secondary N) is 2. The highest BCUT2D eigenvalue weighted by atomic mass is 32.2. The molecular formula is C9H12N2O6S. The summed E-state index contributed by atoms with van der Waals surface area (Å²) in [7, 11) is -1.74. The molecule has 8 nitrogen and oxygen atoms in total. The Balaban J connectivity index is 2.87. The molecule has 9 heteroatoms. The van der Waals surface area contributed by atoms with E-state index in [2.05, 4.69) is 4.74 Å². The number of phenolic OH excluding ortho intramolecular Hbond substituents is 1. The summed E-state index contributed by atoms with van der Waals surface area (Å²) in [4.78, 5) is 10.8. The van der Waals surface area contributed by atoms with Crippen LogP contribution in [0.2, 0.25) is 0 Å². The van der Waals surface area contributed by atoms with E-state index in [9.17, 15) is 18.3 Å². The van der Waals surface area contributed by atoms with Crippen LogP contribution in [0.5, 0.6) is 11.5 Å². The molecule has 1 aromatic rings. The van der Waals surface area contributed by atoms with Gasteiger partial charge in [-0.25, -0.2) is 9.52 Å². The van der Waals surface area contributed by atoms with Gasteiger partial charge in [0.25, 0.3) is 0 Å². The summed E-state index contributed by atoms with van der Waals surface area (Å²) in [6, 6.07) is 3.94. The zero-order valence-corrected chi connectivity index (χ0v) is 10.4. The third-order valence-corrected chi connectivity index (χ3v) is 2.78. The van der Waals surface area contributed by atoms with E-state index in [0.29, 0.717) is 5.75 Å². The second kappa shape index (κ2) is 5.45. The fraction of sp³-hybridized carbons (Fsp3) is 0.222. The number of aromatic hydroxyl groups is 1. The topological polar surface area (TPSA) is 114 Å². The molecule has 0 unspecified atom stereocenters. The lowest BCUT2D eigenvalue weighted by Crippen LogP contribution is -2.35. The van der Waals surface area contributed by atoms with Crippen LogP contribution in [0, 0.1) is 0 Å². The lowest BCUT2D eigenvalue weighted by molar-refractivity contribution is 0.177. The number of ether oxygens (including phenoxy) is 2. The first-order valence-corrected chi connectivity index (χ1v) is 6.12. The van der Waals surface area contributed by atoms with Crippen LogP contribution in [-0.4, -0.2) is 33.8 Å². The molecule has 0 aromatic heterocycles. The summed E-state index contributed by atoms with van der Waals surface area (Å²) in [5.74, 6) is 0.0148. The number of carbonyl (C=O) groups excluding carboxylic acids is 1. The molecule has 0 bridgehead atoms.